The van der Waals surface area contributed by atoms with Gasteiger partial charge in [0, 0.05) is 13.1 Å². The maximum absolute atomic E-state index is 11.5. The zero-order valence-electron chi connectivity index (χ0n) is 9.16. The highest BCUT2D eigenvalue weighted by atomic mass is 16.2. The summed E-state index contributed by atoms with van der Waals surface area (Å²) < 4.78 is 0. The molecule has 1 aliphatic carbocycles. The Morgan fingerprint density at radius 1 is 1.44 bits per heavy atom. The van der Waals surface area contributed by atoms with Gasteiger partial charge in [-0.1, -0.05) is 0 Å². The summed E-state index contributed by atoms with van der Waals surface area (Å²) in [6.45, 7) is 0.215. The molecule has 1 heterocycles. The van der Waals surface area contributed by atoms with Crippen molar-refractivity contribution in [1.82, 2.24) is 15.5 Å². The molecule has 2 fully saturated rings. The second-order valence-corrected chi connectivity index (χ2v) is 4.27. The number of likely N-dealkylation sites (tertiary alicyclic amines) is 1. The minimum Gasteiger partial charge on any atom is -0.343 e. The molecule has 0 aromatic rings. The molecule has 0 bridgehead atoms. The van der Waals surface area contributed by atoms with Gasteiger partial charge in [0.1, 0.15) is 6.04 Å². The first kappa shape index (κ1) is 11.1. The van der Waals surface area contributed by atoms with E-state index in [1.54, 1.807) is 0 Å². The summed E-state index contributed by atoms with van der Waals surface area (Å²) in [5.74, 6) is -0.802. The molecule has 0 aromatic carbocycles. The smallest absolute Gasteiger partial charge is 0.252 e. The number of carbonyl (C=O) groups is 3. The van der Waals surface area contributed by atoms with Gasteiger partial charge in [-0.25, -0.2) is 0 Å². The summed E-state index contributed by atoms with van der Waals surface area (Å²) in [4.78, 5) is 35.2. The Balaban J connectivity index is 1.78. The number of rotatable bonds is 4. The molecule has 16 heavy (non-hydrogen) atoms. The molecule has 2 rings (SSSR count). The second-order valence-electron chi connectivity index (χ2n) is 4.27. The van der Waals surface area contributed by atoms with E-state index in [1.165, 1.54) is 7.05 Å². The average Bonchev–Trinajstić information content (AvgIpc) is 3.03. The lowest BCUT2D eigenvalue weighted by atomic mass is 10.2. The lowest BCUT2D eigenvalue weighted by Gasteiger charge is -2.11. The minimum atomic E-state index is -0.675. The third-order valence-corrected chi connectivity index (χ3v) is 2.85. The van der Waals surface area contributed by atoms with Gasteiger partial charge in [0.2, 0.25) is 11.8 Å². The quantitative estimate of drug-likeness (QED) is 0.577. The standard InChI is InChI=1S/C10H15N3O3/c1-13-9(15)4-7(10(13)16)12-8(14)5-11-6-2-3-6/h6-7,11H,2-5H2,1H3,(H,12,14). The molecule has 2 N–H and O–H groups in total. The van der Waals surface area contributed by atoms with Gasteiger partial charge in [0.05, 0.1) is 13.0 Å². The first-order valence-electron chi connectivity index (χ1n) is 5.41. The van der Waals surface area contributed by atoms with Crippen molar-refractivity contribution in [2.45, 2.75) is 31.3 Å². The van der Waals surface area contributed by atoms with Gasteiger partial charge >= 0.3 is 0 Å². The van der Waals surface area contributed by atoms with Gasteiger partial charge in [-0.2, -0.15) is 0 Å². The third-order valence-electron chi connectivity index (χ3n) is 2.85. The predicted molar refractivity (Wildman–Crippen MR) is 55.3 cm³/mol. The van der Waals surface area contributed by atoms with E-state index in [0.717, 1.165) is 17.7 Å². The average molecular weight is 225 g/mol. The second kappa shape index (κ2) is 4.21. The fourth-order valence-electron chi connectivity index (χ4n) is 1.64. The topological polar surface area (TPSA) is 78.5 Å². The highest BCUT2D eigenvalue weighted by Gasteiger charge is 2.36. The van der Waals surface area contributed by atoms with Gasteiger partial charge in [0.15, 0.2) is 0 Å². The molecule has 88 valence electrons. The lowest BCUT2D eigenvalue weighted by molar-refractivity contribution is -0.138. The monoisotopic (exact) mass is 225 g/mol. The first-order valence-corrected chi connectivity index (χ1v) is 5.41. The van der Waals surface area contributed by atoms with E-state index in [2.05, 4.69) is 10.6 Å². The summed E-state index contributed by atoms with van der Waals surface area (Å²) in [5.41, 5.74) is 0. The molecule has 0 aromatic heterocycles. The van der Waals surface area contributed by atoms with Gasteiger partial charge < -0.3 is 10.6 Å². The Morgan fingerprint density at radius 2 is 2.12 bits per heavy atom. The number of nitrogens with zero attached hydrogens (tertiary/aromatic N) is 1. The Bertz CT molecular complexity index is 338. The molecule has 1 atom stereocenters. The van der Waals surface area contributed by atoms with Crippen molar-refractivity contribution in [3.63, 3.8) is 0 Å². The Morgan fingerprint density at radius 3 is 2.62 bits per heavy atom. The van der Waals surface area contributed by atoms with Crippen LogP contribution in [-0.2, 0) is 14.4 Å². The molecule has 6 heteroatoms. The number of hydrogen-bond acceptors (Lipinski definition) is 4. The van der Waals surface area contributed by atoms with Crippen LogP contribution < -0.4 is 10.6 Å². The predicted octanol–water partition coefficient (Wildman–Crippen LogP) is -1.39. The van der Waals surface area contributed by atoms with Crippen molar-refractivity contribution in [3.8, 4) is 0 Å². The van der Waals surface area contributed by atoms with Crippen molar-refractivity contribution in [3.05, 3.63) is 0 Å². The minimum absolute atomic E-state index is 0.0739. The number of hydrogen-bond donors (Lipinski definition) is 2. The van der Waals surface area contributed by atoms with Gasteiger partial charge in [0.25, 0.3) is 5.91 Å². The van der Waals surface area contributed by atoms with Crippen LogP contribution in [0, 0.1) is 0 Å². The van der Waals surface area contributed by atoms with E-state index >= 15 is 0 Å². The van der Waals surface area contributed by atoms with E-state index < -0.39 is 6.04 Å². The summed E-state index contributed by atoms with van der Waals surface area (Å²) >= 11 is 0. The van der Waals surface area contributed by atoms with Crippen LogP contribution >= 0.6 is 0 Å². The van der Waals surface area contributed by atoms with Crippen LogP contribution in [0.5, 0.6) is 0 Å². The van der Waals surface area contributed by atoms with Crippen LogP contribution in [0.15, 0.2) is 0 Å². The van der Waals surface area contributed by atoms with Crippen molar-refractivity contribution < 1.29 is 14.4 Å². The number of carbonyl (C=O) groups excluding carboxylic acids is 3. The fourth-order valence-corrected chi connectivity index (χ4v) is 1.64. The highest BCUT2D eigenvalue weighted by Crippen LogP contribution is 2.18. The maximum Gasteiger partial charge on any atom is 0.252 e. The molecule has 2 aliphatic rings. The van der Waals surface area contributed by atoms with Gasteiger partial charge in [-0.05, 0) is 12.8 Å². The molecule has 6 nitrogen and oxygen atoms in total. The molecule has 0 radical (unpaired) electrons. The van der Waals surface area contributed by atoms with E-state index in [9.17, 15) is 14.4 Å². The van der Waals surface area contributed by atoms with Crippen LogP contribution in [0.4, 0.5) is 0 Å². The number of imide groups is 1. The number of amides is 3. The normalized spacial score (nSPS) is 25.1. The van der Waals surface area contributed by atoms with Crippen molar-refractivity contribution in [2.75, 3.05) is 13.6 Å². The Labute approximate surface area is 93.4 Å². The summed E-state index contributed by atoms with van der Waals surface area (Å²) in [6, 6.07) is -0.222. The largest absolute Gasteiger partial charge is 0.343 e. The van der Waals surface area contributed by atoms with E-state index in [4.69, 9.17) is 0 Å². The van der Waals surface area contributed by atoms with E-state index in [-0.39, 0.29) is 30.7 Å². The first-order chi connectivity index (χ1) is 7.58. The summed E-state index contributed by atoms with van der Waals surface area (Å²) in [5, 5.41) is 5.60. The summed E-state index contributed by atoms with van der Waals surface area (Å²) in [7, 11) is 1.43. The van der Waals surface area contributed by atoms with Gasteiger partial charge in [-0.15, -0.1) is 0 Å². The molecule has 0 spiro atoms. The zero-order chi connectivity index (χ0) is 11.7. The van der Waals surface area contributed by atoms with Crippen molar-refractivity contribution in [2.24, 2.45) is 0 Å². The van der Waals surface area contributed by atoms with Crippen LogP contribution in [0.1, 0.15) is 19.3 Å². The SMILES string of the molecule is CN1C(=O)CC(NC(=O)CNC2CC2)C1=O. The van der Waals surface area contributed by atoms with Crippen LogP contribution in [0.25, 0.3) is 0 Å². The molecular formula is C10H15N3O3. The fraction of sp³-hybridized carbons (Fsp3) is 0.700. The number of likely N-dealkylation sites (N-methyl/N-ethyl adjacent to an activating group) is 1. The molecule has 1 saturated heterocycles. The van der Waals surface area contributed by atoms with E-state index in [1.807, 2.05) is 0 Å². The van der Waals surface area contributed by atoms with E-state index in [0.29, 0.717) is 6.04 Å². The van der Waals surface area contributed by atoms with Crippen LogP contribution in [0.3, 0.4) is 0 Å². The van der Waals surface area contributed by atoms with Crippen LogP contribution in [0.2, 0.25) is 0 Å². The van der Waals surface area contributed by atoms with Crippen LogP contribution in [-0.4, -0.2) is 48.3 Å². The third kappa shape index (κ3) is 2.38. The molecular weight excluding hydrogens is 210 g/mol. The van der Waals surface area contributed by atoms with Crippen molar-refractivity contribution >= 4 is 17.7 Å². The maximum atomic E-state index is 11.5. The van der Waals surface area contributed by atoms with Crippen molar-refractivity contribution in [1.29, 1.82) is 0 Å². The van der Waals surface area contributed by atoms with Gasteiger partial charge in [-0.3, -0.25) is 19.3 Å². The highest BCUT2D eigenvalue weighted by molar-refractivity contribution is 6.06. The number of nitrogens with one attached hydrogen (secondary N) is 2. The zero-order valence-corrected chi connectivity index (χ0v) is 9.16. The molecule has 3 amide bonds. The molecule has 1 unspecified atom stereocenters. The lowest BCUT2D eigenvalue weighted by Crippen LogP contribution is -2.44. The molecule has 1 aliphatic heterocycles. The summed E-state index contributed by atoms with van der Waals surface area (Å²) in [6.07, 6.45) is 2.29. The molecule has 1 saturated carbocycles. The Kier molecular flexibility index (Phi) is 2.91. The Hall–Kier alpha value is -1.43.